The molecule has 0 unspecified atom stereocenters. The first-order chi connectivity index (χ1) is 17.8. The van der Waals surface area contributed by atoms with Crippen molar-refractivity contribution >= 4 is 16.8 Å². The number of nitrogens with one attached hydrogen (secondary N) is 1. The minimum absolute atomic E-state index is 0.0314. The second kappa shape index (κ2) is 10.8. The number of hydrogen-bond donors (Lipinski definition) is 1. The van der Waals surface area contributed by atoms with Gasteiger partial charge in [-0.25, -0.2) is 4.98 Å². The van der Waals surface area contributed by atoms with Gasteiger partial charge in [0.05, 0.1) is 17.6 Å². The summed E-state index contributed by atoms with van der Waals surface area (Å²) in [6.45, 7) is 2.59. The SMILES string of the molecule is Cn1c(CCC(F)(F)F)nc2c1CCN(CC[C@H]1CC[C@H](NC(=O)c3cccc4ncccc34)CC1)C2. The number of carbonyl (C=O) groups excluding carboxylic acids is 1. The van der Waals surface area contributed by atoms with E-state index in [1.807, 2.05) is 41.9 Å². The highest BCUT2D eigenvalue weighted by atomic mass is 19.4. The number of aryl methyl sites for hydroxylation is 1. The lowest BCUT2D eigenvalue weighted by molar-refractivity contribution is -0.134. The average Bonchev–Trinajstić information content (AvgIpc) is 3.21. The van der Waals surface area contributed by atoms with E-state index in [0.29, 0.717) is 23.9 Å². The molecular formula is C28H34F3N5O. The van der Waals surface area contributed by atoms with E-state index in [1.54, 1.807) is 6.20 Å². The van der Waals surface area contributed by atoms with Gasteiger partial charge in [-0.15, -0.1) is 0 Å². The van der Waals surface area contributed by atoms with Gasteiger partial charge in [0.2, 0.25) is 0 Å². The van der Waals surface area contributed by atoms with E-state index in [-0.39, 0.29) is 18.4 Å². The van der Waals surface area contributed by atoms with Crippen LogP contribution < -0.4 is 5.32 Å². The number of amides is 1. The molecule has 0 saturated heterocycles. The van der Waals surface area contributed by atoms with Crippen LogP contribution in [0.3, 0.4) is 0 Å². The Labute approximate surface area is 215 Å². The Morgan fingerprint density at radius 1 is 1.14 bits per heavy atom. The molecule has 1 N–H and O–H groups in total. The van der Waals surface area contributed by atoms with Crippen LogP contribution in [0.1, 0.15) is 66.1 Å². The van der Waals surface area contributed by atoms with Gasteiger partial charge in [-0.1, -0.05) is 12.1 Å². The van der Waals surface area contributed by atoms with Gasteiger partial charge in [0.15, 0.2) is 0 Å². The van der Waals surface area contributed by atoms with E-state index in [4.69, 9.17) is 0 Å². The molecule has 0 atom stereocenters. The predicted molar refractivity (Wildman–Crippen MR) is 136 cm³/mol. The number of imidazole rings is 1. The van der Waals surface area contributed by atoms with Crippen molar-refractivity contribution < 1.29 is 18.0 Å². The standard InChI is InChI=1S/C28H34F3N5O/c1-35-25-13-17-36(18-24(25)34-26(35)11-14-28(29,30)31)16-12-19-7-9-20(10-8-19)33-27(37)22-4-2-6-23-21(22)5-3-15-32-23/h2-6,15,19-20H,7-14,16-18H2,1H3,(H,33,37)/t19-,20-. The fourth-order valence-corrected chi connectivity index (χ4v) is 5.83. The number of aromatic nitrogens is 3. The third-order valence-corrected chi connectivity index (χ3v) is 7.99. The monoisotopic (exact) mass is 513 g/mol. The van der Waals surface area contributed by atoms with Gasteiger partial charge in [0, 0.05) is 61.9 Å². The number of fused-ring (bicyclic) bond motifs is 2. The predicted octanol–water partition coefficient (Wildman–Crippen LogP) is 5.20. The summed E-state index contributed by atoms with van der Waals surface area (Å²) in [7, 11) is 1.83. The van der Waals surface area contributed by atoms with Crippen molar-refractivity contribution in [1.29, 1.82) is 0 Å². The van der Waals surface area contributed by atoms with Crippen LogP contribution >= 0.6 is 0 Å². The summed E-state index contributed by atoms with van der Waals surface area (Å²) in [5, 5.41) is 4.11. The fraction of sp³-hybridized carbons (Fsp3) is 0.536. The Morgan fingerprint density at radius 2 is 1.95 bits per heavy atom. The summed E-state index contributed by atoms with van der Waals surface area (Å²) in [6.07, 6.45) is 2.74. The minimum atomic E-state index is -4.16. The fourth-order valence-electron chi connectivity index (χ4n) is 5.83. The van der Waals surface area contributed by atoms with Gasteiger partial charge in [0.1, 0.15) is 5.82 Å². The number of rotatable bonds is 7. The molecule has 0 bridgehead atoms. The molecular weight excluding hydrogens is 479 g/mol. The van der Waals surface area contributed by atoms with Crippen molar-refractivity contribution in [3.8, 4) is 0 Å². The number of carbonyl (C=O) groups is 1. The Kier molecular flexibility index (Phi) is 7.51. The average molecular weight is 514 g/mol. The van der Waals surface area contributed by atoms with Crippen LogP contribution in [0, 0.1) is 5.92 Å². The Balaban J connectivity index is 1.08. The highest BCUT2D eigenvalue weighted by molar-refractivity contribution is 6.06. The molecule has 0 spiro atoms. The van der Waals surface area contributed by atoms with E-state index in [2.05, 4.69) is 20.2 Å². The van der Waals surface area contributed by atoms with E-state index >= 15 is 0 Å². The molecule has 6 nitrogen and oxygen atoms in total. The second-order valence-electron chi connectivity index (χ2n) is 10.5. The molecule has 37 heavy (non-hydrogen) atoms. The normalized spacial score (nSPS) is 20.6. The molecule has 9 heteroatoms. The van der Waals surface area contributed by atoms with E-state index in [0.717, 1.165) is 73.9 Å². The third-order valence-electron chi connectivity index (χ3n) is 7.99. The highest BCUT2D eigenvalue weighted by Gasteiger charge is 2.30. The number of halogens is 3. The van der Waals surface area contributed by atoms with E-state index < -0.39 is 12.6 Å². The third kappa shape index (κ3) is 6.14. The van der Waals surface area contributed by atoms with Crippen LogP contribution in [0.25, 0.3) is 10.9 Å². The maximum Gasteiger partial charge on any atom is 0.389 e. The lowest BCUT2D eigenvalue weighted by Crippen LogP contribution is -2.38. The summed E-state index contributed by atoms with van der Waals surface area (Å²) >= 11 is 0. The zero-order chi connectivity index (χ0) is 26.0. The van der Waals surface area contributed by atoms with Crippen molar-refractivity contribution in [1.82, 2.24) is 24.8 Å². The van der Waals surface area contributed by atoms with Crippen molar-refractivity contribution in [3.05, 3.63) is 59.3 Å². The number of benzene rings is 1. The summed E-state index contributed by atoms with van der Waals surface area (Å²) < 4.78 is 39.8. The summed E-state index contributed by atoms with van der Waals surface area (Å²) in [5.41, 5.74) is 3.51. The lowest BCUT2D eigenvalue weighted by atomic mass is 9.84. The molecule has 2 aliphatic rings. The van der Waals surface area contributed by atoms with Crippen LogP contribution in [-0.4, -0.2) is 50.6 Å². The van der Waals surface area contributed by atoms with Crippen LogP contribution in [0.15, 0.2) is 36.5 Å². The van der Waals surface area contributed by atoms with Crippen LogP contribution in [-0.2, 0) is 26.4 Å². The number of pyridine rings is 1. The van der Waals surface area contributed by atoms with Gasteiger partial charge in [-0.05, 0) is 62.8 Å². The van der Waals surface area contributed by atoms with Crippen molar-refractivity contribution in [2.75, 3.05) is 13.1 Å². The first-order valence-electron chi connectivity index (χ1n) is 13.2. The molecule has 2 aromatic heterocycles. The van der Waals surface area contributed by atoms with Crippen LogP contribution in [0.4, 0.5) is 13.2 Å². The van der Waals surface area contributed by atoms with Gasteiger partial charge < -0.3 is 9.88 Å². The van der Waals surface area contributed by atoms with Gasteiger partial charge in [-0.3, -0.25) is 14.7 Å². The molecule has 1 aliphatic carbocycles. The molecule has 1 saturated carbocycles. The molecule has 198 valence electrons. The Bertz CT molecular complexity index is 1240. The summed E-state index contributed by atoms with van der Waals surface area (Å²) in [5.74, 6) is 1.13. The topological polar surface area (TPSA) is 63.1 Å². The highest BCUT2D eigenvalue weighted by Crippen LogP contribution is 2.29. The summed E-state index contributed by atoms with van der Waals surface area (Å²) in [4.78, 5) is 24.2. The maximum absolute atomic E-state index is 12.9. The van der Waals surface area contributed by atoms with Gasteiger partial charge in [-0.2, -0.15) is 13.2 Å². The molecule has 0 radical (unpaired) electrons. The lowest BCUT2D eigenvalue weighted by Gasteiger charge is -2.32. The zero-order valence-electron chi connectivity index (χ0n) is 21.2. The molecule has 3 heterocycles. The molecule has 1 aliphatic heterocycles. The molecule has 3 aromatic rings. The van der Waals surface area contributed by atoms with Gasteiger partial charge >= 0.3 is 6.18 Å². The first-order valence-corrected chi connectivity index (χ1v) is 13.2. The Hall–Kier alpha value is -2.94. The van der Waals surface area contributed by atoms with Crippen LogP contribution in [0.5, 0.6) is 0 Å². The van der Waals surface area contributed by atoms with E-state index in [1.165, 1.54) is 0 Å². The maximum atomic E-state index is 12.9. The molecule has 5 rings (SSSR count). The van der Waals surface area contributed by atoms with Crippen molar-refractivity contribution in [3.63, 3.8) is 0 Å². The van der Waals surface area contributed by atoms with Crippen LogP contribution in [0.2, 0.25) is 0 Å². The smallest absolute Gasteiger partial charge is 0.349 e. The summed E-state index contributed by atoms with van der Waals surface area (Å²) in [6, 6.07) is 9.63. The zero-order valence-corrected chi connectivity index (χ0v) is 21.2. The second-order valence-corrected chi connectivity index (χ2v) is 10.5. The van der Waals surface area contributed by atoms with Crippen molar-refractivity contribution in [2.45, 2.75) is 70.1 Å². The first kappa shape index (κ1) is 25.7. The van der Waals surface area contributed by atoms with E-state index in [9.17, 15) is 18.0 Å². The number of alkyl halides is 3. The number of nitrogens with zero attached hydrogens (tertiary/aromatic N) is 4. The molecule has 1 amide bonds. The van der Waals surface area contributed by atoms with Gasteiger partial charge in [0.25, 0.3) is 5.91 Å². The number of hydrogen-bond acceptors (Lipinski definition) is 4. The largest absolute Gasteiger partial charge is 0.389 e. The molecule has 1 aromatic carbocycles. The quantitative estimate of drug-likeness (QED) is 0.472. The minimum Gasteiger partial charge on any atom is -0.349 e. The van der Waals surface area contributed by atoms with Crippen molar-refractivity contribution in [2.24, 2.45) is 13.0 Å². The molecule has 1 fully saturated rings. The Morgan fingerprint density at radius 3 is 2.73 bits per heavy atom.